The summed E-state index contributed by atoms with van der Waals surface area (Å²) in [6.45, 7) is 7.16. The van der Waals surface area contributed by atoms with Gasteiger partial charge in [0.2, 0.25) is 0 Å². The number of hydrogen-bond donors (Lipinski definition) is 2. The SMILES string of the molecule is Cc1cc(C)cc(NC(=S)NC[C@@H](c2ccco2)N2CCCCC2)c1. The van der Waals surface area contributed by atoms with Crippen molar-refractivity contribution >= 4 is 23.0 Å². The van der Waals surface area contributed by atoms with E-state index >= 15 is 0 Å². The summed E-state index contributed by atoms with van der Waals surface area (Å²) in [6, 6.07) is 10.6. The molecule has 0 spiro atoms. The zero-order chi connectivity index (χ0) is 17.6. The van der Waals surface area contributed by atoms with Gasteiger partial charge >= 0.3 is 0 Å². The molecule has 0 aliphatic carbocycles. The Morgan fingerprint density at radius 2 is 1.88 bits per heavy atom. The number of thiocarbonyl (C=S) groups is 1. The van der Waals surface area contributed by atoms with E-state index in [1.165, 1.54) is 30.4 Å². The summed E-state index contributed by atoms with van der Waals surface area (Å²) in [7, 11) is 0. The highest BCUT2D eigenvalue weighted by molar-refractivity contribution is 7.80. The molecular formula is C20H27N3OS. The minimum Gasteiger partial charge on any atom is -0.468 e. The summed E-state index contributed by atoms with van der Waals surface area (Å²) < 4.78 is 5.69. The zero-order valence-electron chi connectivity index (χ0n) is 15.0. The number of piperidine rings is 1. The van der Waals surface area contributed by atoms with E-state index in [2.05, 4.69) is 53.6 Å². The zero-order valence-corrected chi connectivity index (χ0v) is 15.9. The second-order valence-electron chi connectivity index (χ2n) is 6.84. The van der Waals surface area contributed by atoms with Crippen LogP contribution in [-0.4, -0.2) is 29.6 Å². The fraction of sp³-hybridized carbons (Fsp3) is 0.450. The summed E-state index contributed by atoms with van der Waals surface area (Å²) in [5.74, 6) is 1.00. The molecule has 1 aromatic heterocycles. The molecule has 1 aliphatic heterocycles. The standard InChI is InChI=1S/C20H27N3OS/c1-15-11-16(2)13-17(12-15)22-20(25)21-14-18(19-7-6-10-24-19)23-8-4-3-5-9-23/h6-7,10-13,18H,3-5,8-9,14H2,1-2H3,(H2,21,22,25)/t18-/m0/s1. The summed E-state index contributed by atoms with van der Waals surface area (Å²) >= 11 is 5.50. The van der Waals surface area contributed by atoms with E-state index in [4.69, 9.17) is 16.6 Å². The van der Waals surface area contributed by atoms with Crippen LogP contribution in [0.3, 0.4) is 0 Å². The van der Waals surface area contributed by atoms with Gasteiger partial charge in [-0.05, 0) is 87.4 Å². The Balaban J connectivity index is 1.61. The molecule has 25 heavy (non-hydrogen) atoms. The lowest BCUT2D eigenvalue weighted by Crippen LogP contribution is -2.41. The Labute approximate surface area is 155 Å². The van der Waals surface area contributed by atoms with Gasteiger partial charge in [0.1, 0.15) is 5.76 Å². The van der Waals surface area contributed by atoms with Crippen LogP contribution in [-0.2, 0) is 0 Å². The van der Waals surface area contributed by atoms with Gasteiger partial charge in [-0.15, -0.1) is 0 Å². The van der Waals surface area contributed by atoms with Crippen molar-refractivity contribution in [3.8, 4) is 0 Å². The third kappa shape index (κ3) is 5.06. The van der Waals surface area contributed by atoms with Crippen LogP contribution in [0, 0.1) is 13.8 Å². The molecule has 1 saturated heterocycles. The predicted octanol–water partition coefficient (Wildman–Crippen LogP) is 4.41. The van der Waals surface area contributed by atoms with Gasteiger partial charge in [0.15, 0.2) is 5.11 Å². The lowest BCUT2D eigenvalue weighted by Gasteiger charge is -2.33. The van der Waals surface area contributed by atoms with Crippen molar-refractivity contribution in [1.29, 1.82) is 0 Å². The lowest BCUT2D eigenvalue weighted by molar-refractivity contribution is 0.146. The molecule has 4 nitrogen and oxygen atoms in total. The van der Waals surface area contributed by atoms with Crippen LogP contribution in [0.25, 0.3) is 0 Å². The van der Waals surface area contributed by atoms with E-state index in [-0.39, 0.29) is 6.04 Å². The molecule has 5 heteroatoms. The first-order valence-corrected chi connectivity index (χ1v) is 9.43. The highest BCUT2D eigenvalue weighted by atomic mass is 32.1. The monoisotopic (exact) mass is 357 g/mol. The van der Waals surface area contributed by atoms with Crippen molar-refractivity contribution in [3.63, 3.8) is 0 Å². The Kier molecular flexibility index (Phi) is 6.10. The number of benzene rings is 1. The van der Waals surface area contributed by atoms with Crippen LogP contribution in [0.5, 0.6) is 0 Å². The molecule has 2 heterocycles. The van der Waals surface area contributed by atoms with Crippen LogP contribution < -0.4 is 10.6 Å². The van der Waals surface area contributed by atoms with Crippen molar-refractivity contribution in [2.75, 3.05) is 25.0 Å². The predicted molar refractivity (Wildman–Crippen MR) is 107 cm³/mol. The van der Waals surface area contributed by atoms with Gasteiger partial charge in [-0.25, -0.2) is 0 Å². The first kappa shape index (κ1) is 18.0. The number of anilines is 1. The Morgan fingerprint density at radius 3 is 2.52 bits per heavy atom. The molecule has 134 valence electrons. The second-order valence-corrected chi connectivity index (χ2v) is 7.25. The summed E-state index contributed by atoms with van der Waals surface area (Å²) in [4.78, 5) is 2.49. The number of aryl methyl sites for hydroxylation is 2. The van der Waals surface area contributed by atoms with Gasteiger partial charge in [-0.1, -0.05) is 12.5 Å². The van der Waals surface area contributed by atoms with Crippen LogP contribution in [0.2, 0.25) is 0 Å². The average Bonchev–Trinajstić information content (AvgIpc) is 3.09. The maximum atomic E-state index is 5.69. The summed E-state index contributed by atoms with van der Waals surface area (Å²) in [5, 5.41) is 7.32. The van der Waals surface area contributed by atoms with Crippen LogP contribution in [0.15, 0.2) is 41.0 Å². The number of hydrogen-bond acceptors (Lipinski definition) is 3. The molecule has 1 aliphatic rings. The van der Waals surface area contributed by atoms with E-state index in [0.29, 0.717) is 5.11 Å². The number of nitrogens with zero attached hydrogens (tertiary/aromatic N) is 1. The molecule has 1 aromatic carbocycles. The van der Waals surface area contributed by atoms with Crippen molar-refractivity contribution in [3.05, 3.63) is 53.5 Å². The van der Waals surface area contributed by atoms with Crippen molar-refractivity contribution < 1.29 is 4.42 Å². The Morgan fingerprint density at radius 1 is 1.16 bits per heavy atom. The highest BCUT2D eigenvalue weighted by Gasteiger charge is 2.24. The fourth-order valence-corrected chi connectivity index (χ4v) is 3.73. The van der Waals surface area contributed by atoms with E-state index in [9.17, 15) is 0 Å². The first-order chi connectivity index (χ1) is 12.1. The molecule has 0 amide bonds. The summed E-state index contributed by atoms with van der Waals surface area (Å²) in [6.07, 6.45) is 5.57. The number of rotatable bonds is 5. The molecule has 0 saturated carbocycles. The smallest absolute Gasteiger partial charge is 0.170 e. The third-order valence-corrected chi connectivity index (χ3v) is 4.88. The van der Waals surface area contributed by atoms with Gasteiger partial charge < -0.3 is 15.1 Å². The Bertz CT molecular complexity index is 673. The van der Waals surface area contributed by atoms with Crippen LogP contribution in [0.4, 0.5) is 5.69 Å². The van der Waals surface area contributed by atoms with Crippen molar-refractivity contribution in [2.45, 2.75) is 39.2 Å². The topological polar surface area (TPSA) is 40.4 Å². The lowest BCUT2D eigenvalue weighted by atomic mass is 10.1. The minimum absolute atomic E-state index is 0.217. The molecule has 1 fully saturated rings. The van der Waals surface area contributed by atoms with E-state index < -0.39 is 0 Å². The van der Waals surface area contributed by atoms with Gasteiger partial charge in [-0.3, -0.25) is 4.90 Å². The molecule has 2 aromatic rings. The van der Waals surface area contributed by atoms with Gasteiger partial charge in [-0.2, -0.15) is 0 Å². The highest BCUT2D eigenvalue weighted by Crippen LogP contribution is 2.24. The molecule has 2 N–H and O–H groups in total. The average molecular weight is 358 g/mol. The fourth-order valence-electron chi connectivity index (χ4n) is 3.53. The molecule has 3 rings (SSSR count). The maximum Gasteiger partial charge on any atom is 0.170 e. The third-order valence-electron chi connectivity index (χ3n) is 4.64. The van der Waals surface area contributed by atoms with Crippen molar-refractivity contribution in [1.82, 2.24) is 10.2 Å². The van der Waals surface area contributed by atoms with Crippen LogP contribution in [0.1, 0.15) is 42.2 Å². The molecule has 1 atom stereocenters. The second kappa shape index (κ2) is 8.50. The summed E-state index contributed by atoms with van der Waals surface area (Å²) in [5.41, 5.74) is 3.49. The minimum atomic E-state index is 0.217. The normalized spacial score (nSPS) is 16.4. The van der Waals surface area contributed by atoms with E-state index in [0.717, 1.165) is 31.1 Å². The number of likely N-dealkylation sites (tertiary alicyclic amines) is 1. The van der Waals surface area contributed by atoms with Gasteiger partial charge in [0, 0.05) is 12.2 Å². The van der Waals surface area contributed by atoms with E-state index in [1.54, 1.807) is 6.26 Å². The largest absolute Gasteiger partial charge is 0.468 e. The first-order valence-electron chi connectivity index (χ1n) is 9.02. The molecular weight excluding hydrogens is 330 g/mol. The molecule has 0 unspecified atom stereocenters. The Hall–Kier alpha value is -1.85. The van der Waals surface area contributed by atoms with Gasteiger partial charge in [0.25, 0.3) is 0 Å². The molecule has 0 radical (unpaired) electrons. The van der Waals surface area contributed by atoms with Gasteiger partial charge in [0.05, 0.1) is 12.3 Å². The van der Waals surface area contributed by atoms with E-state index in [1.807, 2.05) is 6.07 Å². The van der Waals surface area contributed by atoms with Crippen molar-refractivity contribution in [2.24, 2.45) is 0 Å². The van der Waals surface area contributed by atoms with Crippen LogP contribution >= 0.6 is 12.2 Å². The maximum absolute atomic E-state index is 5.69. The quantitative estimate of drug-likeness (QED) is 0.776. The number of nitrogens with one attached hydrogen (secondary N) is 2. The number of furan rings is 1. The molecule has 0 bridgehead atoms.